The lowest BCUT2D eigenvalue weighted by atomic mass is 10.1. The second-order valence-corrected chi connectivity index (χ2v) is 3.77. The first kappa shape index (κ1) is 10.2. The third kappa shape index (κ3) is 2.36. The molecule has 5 nitrogen and oxygen atoms in total. The number of nitrogens with zero attached hydrogens (tertiary/aromatic N) is 3. The van der Waals surface area contributed by atoms with Crippen LogP contribution < -0.4 is 15.4 Å². The molecule has 0 aliphatic carbocycles. The molecule has 1 fully saturated rings. The Morgan fingerprint density at radius 3 is 3.13 bits per heavy atom. The Bertz CT molecular complexity index is 331. The molecule has 1 aromatic rings. The largest absolute Gasteiger partial charge is 0.480 e. The molecule has 5 heteroatoms. The Kier molecular flexibility index (Phi) is 3.01. The Morgan fingerprint density at radius 1 is 1.53 bits per heavy atom. The summed E-state index contributed by atoms with van der Waals surface area (Å²) in [5.74, 6) is 1.40. The van der Waals surface area contributed by atoms with Crippen LogP contribution in [0.25, 0.3) is 0 Å². The zero-order chi connectivity index (χ0) is 10.7. The fourth-order valence-corrected chi connectivity index (χ4v) is 1.81. The van der Waals surface area contributed by atoms with Crippen LogP contribution in [0, 0.1) is 0 Å². The third-order valence-corrected chi connectivity index (χ3v) is 2.59. The Balaban J connectivity index is 2.13. The highest BCUT2D eigenvalue weighted by Crippen LogP contribution is 2.18. The Hall–Kier alpha value is -1.36. The Labute approximate surface area is 89.3 Å². The van der Waals surface area contributed by atoms with Gasteiger partial charge in [0.2, 0.25) is 5.88 Å². The molecule has 0 saturated carbocycles. The van der Waals surface area contributed by atoms with Crippen molar-refractivity contribution >= 4 is 5.82 Å². The van der Waals surface area contributed by atoms with E-state index in [1.165, 1.54) is 0 Å². The van der Waals surface area contributed by atoms with Crippen LogP contribution in [0.4, 0.5) is 5.82 Å². The van der Waals surface area contributed by atoms with Crippen LogP contribution >= 0.6 is 0 Å². The summed E-state index contributed by atoms with van der Waals surface area (Å²) in [6, 6.07) is 0.242. The molecule has 0 aromatic carbocycles. The van der Waals surface area contributed by atoms with E-state index in [-0.39, 0.29) is 6.04 Å². The van der Waals surface area contributed by atoms with E-state index >= 15 is 0 Å². The molecule has 15 heavy (non-hydrogen) atoms. The average molecular weight is 208 g/mol. The maximum absolute atomic E-state index is 5.91. The highest BCUT2D eigenvalue weighted by molar-refractivity contribution is 5.38. The molecule has 0 radical (unpaired) electrons. The quantitative estimate of drug-likeness (QED) is 0.762. The van der Waals surface area contributed by atoms with Crippen molar-refractivity contribution in [2.75, 3.05) is 25.1 Å². The van der Waals surface area contributed by atoms with Gasteiger partial charge in [-0.05, 0) is 12.8 Å². The van der Waals surface area contributed by atoms with Crippen molar-refractivity contribution in [2.24, 2.45) is 5.73 Å². The van der Waals surface area contributed by atoms with Crippen molar-refractivity contribution in [2.45, 2.75) is 18.9 Å². The summed E-state index contributed by atoms with van der Waals surface area (Å²) in [5.41, 5.74) is 5.91. The summed E-state index contributed by atoms with van der Waals surface area (Å²) in [5, 5.41) is 0. The first-order chi connectivity index (χ1) is 7.29. The number of piperidine rings is 1. The minimum absolute atomic E-state index is 0.242. The van der Waals surface area contributed by atoms with Gasteiger partial charge in [0.05, 0.1) is 19.5 Å². The molecule has 1 aliphatic rings. The molecule has 2 heterocycles. The van der Waals surface area contributed by atoms with Gasteiger partial charge in [-0.25, -0.2) is 0 Å². The number of ether oxygens (including phenoxy) is 1. The molecule has 2 N–H and O–H groups in total. The van der Waals surface area contributed by atoms with Gasteiger partial charge in [0.1, 0.15) is 0 Å². The van der Waals surface area contributed by atoms with E-state index in [0.717, 1.165) is 31.7 Å². The van der Waals surface area contributed by atoms with E-state index in [4.69, 9.17) is 10.5 Å². The van der Waals surface area contributed by atoms with Gasteiger partial charge in [-0.3, -0.25) is 4.98 Å². The zero-order valence-corrected chi connectivity index (χ0v) is 8.89. The van der Waals surface area contributed by atoms with Gasteiger partial charge in [0.25, 0.3) is 0 Å². The number of hydrogen-bond donors (Lipinski definition) is 1. The van der Waals surface area contributed by atoms with Crippen LogP contribution in [0.1, 0.15) is 12.8 Å². The van der Waals surface area contributed by atoms with Crippen molar-refractivity contribution in [3.05, 3.63) is 12.4 Å². The number of nitrogens with two attached hydrogens (primary N) is 1. The smallest absolute Gasteiger partial charge is 0.233 e. The predicted molar refractivity (Wildman–Crippen MR) is 58.0 cm³/mol. The minimum Gasteiger partial charge on any atom is -0.480 e. The summed E-state index contributed by atoms with van der Waals surface area (Å²) < 4.78 is 5.04. The molecule has 0 unspecified atom stereocenters. The molecule has 0 bridgehead atoms. The number of aromatic nitrogens is 2. The van der Waals surface area contributed by atoms with E-state index in [0.29, 0.717) is 5.88 Å². The number of methoxy groups -OCH3 is 1. The van der Waals surface area contributed by atoms with E-state index in [1.54, 1.807) is 19.5 Å². The highest BCUT2D eigenvalue weighted by Gasteiger charge is 2.18. The second-order valence-electron chi connectivity index (χ2n) is 3.77. The lowest BCUT2D eigenvalue weighted by Crippen LogP contribution is -2.43. The van der Waals surface area contributed by atoms with Gasteiger partial charge in [0, 0.05) is 19.1 Å². The van der Waals surface area contributed by atoms with Gasteiger partial charge in [-0.15, -0.1) is 0 Å². The van der Waals surface area contributed by atoms with Gasteiger partial charge in [0.15, 0.2) is 5.82 Å². The van der Waals surface area contributed by atoms with Crippen molar-refractivity contribution < 1.29 is 4.74 Å². The molecule has 2 rings (SSSR count). The summed E-state index contributed by atoms with van der Waals surface area (Å²) >= 11 is 0. The first-order valence-corrected chi connectivity index (χ1v) is 5.16. The van der Waals surface area contributed by atoms with Crippen LogP contribution in [-0.2, 0) is 0 Å². The second kappa shape index (κ2) is 4.44. The number of hydrogen-bond acceptors (Lipinski definition) is 5. The molecule has 0 amide bonds. The van der Waals surface area contributed by atoms with E-state index in [1.807, 2.05) is 0 Å². The molecular weight excluding hydrogens is 192 g/mol. The first-order valence-electron chi connectivity index (χ1n) is 5.16. The normalized spacial score (nSPS) is 21.5. The summed E-state index contributed by atoms with van der Waals surface area (Å²) in [7, 11) is 1.59. The standard InChI is InChI=1S/C10H16N4O/c1-15-10-6-12-5-9(13-10)14-4-2-3-8(11)7-14/h5-6,8H,2-4,7,11H2,1H3/t8-/m1/s1. The van der Waals surface area contributed by atoms with Crippen molar-refractivity contribution in [1.82, 2.24) is 9.97 Å². The molecule has 82 valence electrons. The summed E-state index contributed by atoms with van der Waals surface area (Å²) in [4.78, 5) is 10.6. The zero-order valence-electron chi connectivity index (χ0n) is 8.89. The van der Waals surface area contributed by atoms with Crippen molar-refractivity contribution in [3.8, 4) is 5.88 Å². The van der Waals surface area contributed by atoms with Crippen molar-refractivity contribution in [3.63, 3.8) is 0 Å². The molecule has 1 saturated heterocycles. The average Bonchev–Trinajstić information content (AvgIpc) is 2.29. The fraction of sp³-hybridized carbons (Fsp3) is 0.600. The summed E-state index contributed by atoms with van der Waals surface area (Å²) in [6.45, 7) is 1.84. The number of anilines is 1. The molecular formula is C10H16N4O. The van der Waals surface area contributed by atoms with E-state index < -0.39 is 0 Å². The minimum atomic E-state index is 0.242. The third-order valence-electron chi connectivity index (χ3n) is 2.59. The molecule has 1 aromatic heterocycles. The van der Waals surface area contributed by atoms with Gasteiger partial charge >= 0.3 is 0 Å². The van der Waals surface area contributed by atoms with E-state index in [9.17, 15) is 0 Å². The van der Waals surface area contributed by atoms with E-state index in [2.05, 4.69) is 14.9 Å². The topological polar surface area (TPSA) is 64.3 Å². The van der Waals surface area contributed by atoms with Gasteiger partial charge in [-0.1, -0.05) is 0 Å². The van der Waals surface area contributed by atoms with Crippen LogP contribution in [0.15, 0.2) is 12.4 Å². The molecule has 1 aliphatic heterocycles. The molecule has 1 atom stereocenters. The van der Waals surface area contributed by atoms with Crippen LogP contribution in [0.2, 0.25) is 0 Å². The van der Waals surface area contributed by atoms with Crippen molar-refractivity contribution in [1.29, 1.82) is 0 Å². The fourth-order valence-electron chi connectivity index (χ4n) is 1.81. The SMILES string of the molecule is COc1cncc(N2CCC[C@@H](N)C2)n1. The van der Waals surface area contributed by atoms with Crippen LogP contribution in [0.5, 0.6) is 5.88 Å². The van der Waals surface area contributed by atoms with Gasteiger partial charge < -0.3 is 15.4 Å². The maximum atomic E-state index is 5.91. The predicted octanol–water partition coefficient (Wildman–Crippen LogP) is 0.413. The highest BCUT2D eigenvalue weighted by atomic mass is 16.5. The lowest BCUT2D eigenvalue weighted by molar-refractivity contribution is 0.394. The lowest BCUT2D eigenvalue weighted by Gasteiger charge is -2.31. The summed E-state index contributed by atoms with van der Waals surface area (Å²) in [6.07, 6.45) is 5.56. The number of rotatable bonds is 2. The van der Waals surface area contributed by atoms with Gasteiger partial charge in [-0.2, -0.15) is 4.98 Å². The monoisotopic (exact) mass is 208 g/mol. The Morgan fingerprint density at radius 2 is 2.40 bits per heavy atom. The molecule has 0 spiro atoms. The van der Waals surface area contributed by atoms with Crippen LogP contribution in [-0.4, -0.2) is 36.2 Å². The van der Waals surface area contributed by atoms with Crippen LogP contribution in [0.3, 0.4) is 0 Å². The maximum Gasteiger partial charge on any atom is 0.233 e.